The van der Waals surface area contributed by atoms with Crippen molar-refractivity contribution < 1.29 is 0 Å². The Balaban J connectivity index is 1.42. The van der Waals surface area contributed by atoms with E-state index in [1.165, 1.54) is 61.7 Å². The molecule has 166 valence electrons. The second-order valence-electron chi connectivity index (χ2n) is 10.6. The fourth-order valence-electron chi connectivity index (χ4n) is 6.27. The average molecular weight is 421 g/mol. The third-order valence-corrected chi connectivity index (χ3v) is 8.48. The smallest absolute Gasteiger partial charge is 0.136 e. The van der Waals surface area contributed by atoms with Gasteiger partial charge in [-0.2, -0.15) is 5.10 Å². The van der Waals surface area contributed by atoms with Gasteiger partial charge in [0.2, 0.25) is 0 Å². The zero-order valence-corrected chi connectivity index (χ0v) is 19.5. The zero-order chi connectivity index (χ0) is 21.8. The number of hydrogen-bond acceptors (Lipinski definition) is 5. The molecule has 0 spiro atoms. The van der Waals surface area contributed by atoms with Gasteiger partial charge in [0, 0.05) is 56.3 Å². The van der Waals surface area contributed by atoms with Crippen molar-refractivity contribution in [3.05, 3.63) is 34.3 Å². The van der Waals surface area contributed by atoms with Crippen LogP contribution >= 0.6 is 0 Å². The molecule has 0 radical (unpaired) electrons. The lowest BCUT2D eigenvalue weighted by Gasteiger charge is -2.52. The van der Waals surface area contributed by atoms with E-state index in [9.17, 15) is 0 Å². The SMILES string of the molecule is CNc1nc(C)cc(N2CCc3c(c(C)nn3CC34CCC(C)(CC3)CC4)C2)c1C=N. The van der Waals surface area contributed by atoms with E-state index in [4.69, 9.17) is 10.5 Å². The van der Waals surface area contributed by atoms with Crippen LogP contribution < -0.4 is 10.2 Å². The number of pyridine rings is 1. The molecule has 0 atom stereocenters. The molecule has 2 bridgehead atoms. The molecule has 6 nitrogen and oxygen atoms in total. The molecule has 0 saturated heterocycles. The predicted molar refractivity (Wildman–Crippen MR) is 126 cm³/mol. The van der Waals surface area contributed by atoms with E-state index in [1.807, 2.05) is 14.0 Å². The topological polar surface area (TPSA) is 69.8 Å². The van der Waals surface area contributed by atoms with Crippen LogP contribution in [0.5, 0.6) is 0 Å². The standard InChI is InChI=1S/C25H36N6/c1-17-13-22(19(14-26)23(27-4)28-17)30-12-5-21-20(15-30)18(2)29-31(21)16-25-9-6-24(3,7-10-25)8-11-25/h13-14,26H,5-12,15-16H2,1-4H3,(H,27,28). The summed E-state index contributed by atoms with van der Waals surface area (Å²) in [5, 5.41) is 16.2. The molecule has 3 saturated carbocycles. The van der Waals surface area contributed by atoms with Crippen molar-refractivity contribution in [1.82, 2.24) is 14.8 Å². The molecular weight excluding hydrogens is 384 g/mol. The fraction of sp³-hybridized carbons (Fsp3) is 0.640. The summed E-state index contributed by atoms with van der Waals surface area (Å²) >= 11 is 0. The Morgan fingerprint density at radius 3 is 2.52 bits per heavy atom. The maximum Gasteiger partial charge on any atom is 0.136 e. The lowest BCUT2D eigenvalue weighted by Crippen LogP contribution is -2.43. The number of nitrogens with zero attached hydrogens (tertiary/aromatic N) is 4. The largest absolute Gasteiger partial charge is 0.373 e. The minimum atomic E-state index is 0.471. The quantitative estimate of drug-likeness (QED) is 0.678. The van der Waals surface area contributed by atoms with Crippen molar-refractivity contribution in [2.45, 2.75) is 78.8 Å². The summed E-state index contributed by atoms with van der Waals surface area (Å²) in [6.45, 7) is 9.60. The third kappa shape index (κ3) is 3.44. The van der Waals surface area contributed by atoms with Crippen LogP contribution in [0.2, 0.25) is 0 Å². The number of aromatic nitrogens is 3. The molecule has 2 aromatic rings. The van der Waals surface area contributed by atoms with Crippen LogP contribution in [0.3, 0.4) is 0 Å². The molecule has 1 aliphatic heterocycles. The molecule has 2 aromatic heterocycles. The number of fused-ring (bicyclic) bond motifs is 4. The highest BCUT2D eigenvalue weighted by Crippen LogP contribution is 2.57. The number of anilines is 2. The molecule has 2 N–H and O–H groups in total. The van der Waals surface area contributed by atoms with Gasteiger partial charge in [-0.25, -0.2) is 4.98 Å². The van der Waals surface area contributed by atoms with Gasteiger partial charge in [0.1, 0.15) is 5.82 Å². The molecule has 0 aromatic carbocycles. The number of rotatable bonds is 5. The molecule has 0 unspecified atom stereocenters. The van der Waals surface area contributed by atoms with Crippen molar-refractivity contribution in [3.63, 3.8) is 0 Å². The highest BCUT2D eigenvalue weighted by molar-refractivity contribution is 5.92. The van der Waals surface area contributed by atoms with E-state index in [2.05, 4.69) is 39.8 Å². The zero-order valence-electron chi connectivity index (χ0n) is 19.5. The summed E-state index contributed by atoms with van der Waals surface area (Å²) in [4.78, 5) is 6.97. The summed E-state index contributed by atoms with van der Waals surface area (Å²) in [6, 6.07) is 2.12. The van der Waals surface area contributed by atoms with Crippen molar-refractivity contribution in [3.8, 4) is 0 Å². The molecule has 6 rings (SSSR count). The van der Waals surface area contributed by atoms with Gasteiger partial charge in [0.15, 0.2) is 0 Å². The van der Waals surface area contributed by atoms with E-state index in [1.54, 1.807) is 0 Å². The summed E-state index contributed by atoms with van der Waals surface area (Å²) in [6.07, 6.45) is 10.7. The first-order valence-electron chi connectivity index (χ1n) is 11.9. The first kappa shape index (κ1) is 20.5. The van der Waals surface area contributed by atoms with Crippen LogP contribution in [0.4, 0.5) is 11.5 Å². The van der Waals surface area contributed by atoms with Gasteiger partial charge in [-0.15, -0.1) is 0 Å². The van der Waals surface area contributed by atoms with Crippen LogP contribution in [-0.2, 0) is 19.5 Å². The summed E-state index contributed by atoms with van der Waals surface area (Å²) in [5.41, 5.74) is 8.03. The lowest BCUT2D eigenvalue weighted by molar-refractivity contribution is -0.0111. The van der Waals surface area contributed by atoms with Crippen LogP contribution in [0.25, 0.3) is 0 Å². The first-order valence-corrected chi connectivity index (χ1v) is 11.9. The van der Waals surface area contributed by atoms with Crippen LogP contribution in [-0.4, -0.2) is 34.6 Å². The highest BCUT2D eigenvalue weighted by Gasteiger charge is 2.46. The van der Waals surface area contributed by atoms with Gasteiger partial charge < -0.3 is 15.6 Å². The van der Waals surface area contributed by atoms with Crippen molar-refractivity contribution in [2.24, 2.45) is 10.8 Å². The van der Waals surface area contributed by atoms with Crippen LogP contribution in [0, 0.1) is 30.1 Å². The van der Waals surface area contributed by atoms with Crippen molar-refractivity contribution in [2.75, 3.05) is 23.8 Å². The Kier molecular flexibility index (Phi) is 4.87. The first-order chi connectivity index (χ1) is 14.9. The maximum absolute atomic E-state index is 7.96. The third-order valence-electron chi connectivity index (χ3n) is 8.48. The van der Waals surface area contributed by atoms with Gasteiger partial charge in [0.05, 0.1) is 16.9 Å². The molecule has 4 aliphatic rings. The molecule has 3 fully saturated rings. The maximum atomic E-state index is 7.96. The van der Waals surface area contributed by atoms with Crippen LogP contribution in [0.15, 0.2) is 6.07 Å². The minimum absolute atomic E-state index is 0.471. The van der Waals surface area contributed by atoms with E-state index in [0.29, 0.717) is 10.8 Å². The Morgan fingerprint density at radius 1 is 1.16 bits per heavy atom. The van der Waals surface area contributed by atoms with E-state index in [-0.39, 0.29) is 0 Å². The van der Waals surface area contributed by atoms with Gasteiger partial charge in [-0.05, 0) is 69.3 Å². The number of aryl methyl sites for hydroxylation is 2. The van der Waals surface area contributed by atoms with Gasteiger partial charge >= 0.3 is 0 Å². The summed E-state index contributed by atoms with van der Waals surface area (Å²) in [5.74, 6) is 0.781. The predicted octanol–water partition coefficient (Wildman–Crippen LogP) is 4.86. The molecule has 3 aliphatic carbocycles. The van der Waals surface area contributed by atoms with Crippen molar-refractivity contribution in [1.29, 1.82) is 5.41 Å². The second kappa shape index (κ2) is 7.35. The minimum Gasteiger partial charge on any atom is -0.373 e. The van der Waals surface area contributed by atoms with E-state index in [0.717, 1.165) is 48.8 Å². The van der Waals surface area contributed by atoms with Gasteiger partial charge in [-0.1, -0.05) is 6.92 Å². The molecule has 0 amide bonds. The highest BCUT2D eigenvalue weighted by atomic mass is 15.3. The molecular formula is C25H36N6. The summed E-state index contributed by atoms with van der Waals surface area (Å²) < 4.78 is 2.38. The number of hydrogen-bond donors (Lipinski definition) is 2. The van der Waals surface area contributed by atoms with Gasteiger partial charge in [0.25, 0.3) is 0 Å². The van der Waals surface area contributed by atoms with E-state index < -0.39 is 0 Å². The van der Waals surface area contributed by atoms with Crippen LogP contribution in [0.1, 0.15) is 73.7 Å². The fourth-order valence-corrected chi connectivity index (χ4v) is 6.27. The normalized spacial score (nSPS) is 27.3. The lowest BCUT2D eigenvalue weighted by atomic mass is 9.54. The number of nitrogens with one attached hydrogen (secondary N) is 2. The monoisotopic (exact) mass is 420 g/mol. The average Bonchev–Trinajstić information content (AvgIpc) is 3.08. The Labute approximate surface area is 185 Å². The summed E-state index contributed by atoms with van der Waals surface area (Å²) in [7, 11) is 1.87. The van der Waals surface area contributed by atoms with E-state index >= 15 is 0 Å². The Hall–Kier alpha value is -2.37. The molecule has 3 heterocycles. The van der Waals surface area contributed by atoms with Gasteiger partial charge in [-0.3, -0.25) is 4.68 Å². The second-order valence-corrected chi connectivity index (χ2v) is 10.6. The Morgan fingerprint density at radius 2 is 1.87 bits per heavy atom. The van der Waals surface area contributed by atoms with Crippen molar-refractivity contribution >= 4 is 17.7 Å². The molecule has 31 heavy (non-hydrogen) atoms. The molecule has 6 heteroatoms. The Bertz CT molecular complexity index is 995.